The van der Waals surface area contributed by atoms with Gasteiger partial charge in [-0.1, -0.05) is 71.8 Å². The summed E-state index contributed by atoms with van der Waals surface area (Å²) in [4.78, 5) is 0.265. The van der Waals surface area contributed by atoms with Crippen molar-refractivity contribution in [3.05, 3.63) is 114 Å². The van der Waals surface area contributed by atoms with Crippen LogP contribution in [0.25, 0.3) is 22.2 Å². The summed E-state index contributed by atoms with van der Waals surface area (Å²) >= 11 is 0. The zero-order chi connectivity index (χ0) is 23.9. The molecule has 0 spiro atoms. The highest BCUT2D eigenvalue weighted by Gasteiger charge is 2.25. The quantitative estimate of drug-likeness (QED) is 0.298. The molecule has 0 saturated carbocycles. The summed E-state index contributed by atoms with van der Waals surface area (Å²) in [5, 5.41) is 4.38. The molecule has 0 amide bonds. The molecule has 0 atom stereocenters. The Balaban J connectivity index is 1.78. The lowest BCUT2D eigenvalue weighted by Gasteiger charge is -2.14. The van der Waals surface area contributed by atoms with Crippen molar-refractivity contribution >= 4 is 32.3 Å². The van der Waals surface area contributed by atoms with Crippen LogP contribution >= 0.6 is 0 Å². The van der Waals surface area contributed by atoms with Crippen LogP contribution in [0, 0.1) is 20.8 Å². The molecule has 0 aliphatic rings. The Hall–Kier alpha value is -3.83. The third-order valence-corrected chi connectivity index (χ3v) is 7.84. The number of aromatic nitrogens is 1. The van der Waals surface area contributed by atoms with Gasteiger partial charge in [0, 0.05) is 11.1 Å². The van der Waals surface area contributed by atoms with Crippen LogP contribution in [0.4, 0.5) is 11.4 Å². The molecule has 170 valence electrons. The van der Waals surface area contributed by atoms with Crippen LogP contribution in [0.3, 0.4) is 0 Å². The van der Waals surface area contributed by atoms with E-state index >= 15 is 0 Å². The Morgan fingerprint density at radius 1 is 0.706 bits per heavy atom. The van der Waals surface area contributed by atoms with Crippen LogP contribution in [-0.4, -0.2) is 12.4 Å². The second-order valence-corrected chi connectivity index (χ2v) is 10.4. The number of nitrogens with one attached hydrogen (secondary N) is 1. The number of anilines is 2. The van der Waals surface area contributed by atoms with E-state index in [9.17, 15) is 8.42 Å². The lowest BCUT2D eigenvalue weighted by molar-refractivity contribution is 0.589. The van der Waals surface area contributed by atoms with Crippen LogP contribution in [0.2, 0.25) is 0 Å². The summed E-state index contributed by atoms with van der Waals surface area (Å²) in [7, 11) is -3.84. The highest BCUT2D eigenvalue weighted by Crippen LogP contribution is 2.38. The zero-order valence-corrected chi connectivity index (χ0v) is 20.2. The summed E-state index contributed by atoms with van der Waals surface area (Å²) in [5.41, 5.74) is 7.20. The Kier molecular flexibility index (Phi) is 5.50. The molecule has 1 heterocycles. The smallest absolute Gasteiger partial charge is 0.268 e. The van der Waals surface area contributed by atoms with Crippen molar-refractivity contribution in [3.63, 3.8) is 0 Å². The van der Waals surface area contributed by atoms with Crippen LogP contribution in [0.15, 0.2) is 102 Å². The third kappa shape index (κ3) is 3.88. The molecule has 0 aliphatic carbocycles. The molecule has 34 heavy (non-hydrogen) atoms. The molecular weight excluding hydrogens is 440 g/mol. The number of fused-ring (bicyclic) bond motifs is 1. The fourth-order valence-electron chi connectivity index (χ4n) is 4.20. The molecule has 0 aliphatic heterocycles. The maximum absolute atomic E-state index is 13.9. The van der Waals surface area contributed by atoms with Gasteiger partial charge in [0.25, 0.3) is 10.0 Å². The topological polar surface area (TPSA) is 51.1 Å². The highest BCUT2D eigenvalue weighted by atomic mass is 32.2. The zero-order valence-electron chi connectivity index (χ0n) is 19.4. The molecule has 5 aromatic rings. The molecular formula is C29H26N2O2S. The molecule has 0 radical (unpaired) electrons. The molecule has 5 heteroatoms. The van der Waals surface area contributed by atoms with E-state index in [1.165, 1.54) is 9.54 Å². The second kappa shape index (κ2) is 8.50. The van der Waals surface area contributed by atoms with Crippen LogP contribution in [-0.2, 0) is 10.0 Å². The number of hydrogen-bond acceptors (Lipinski definition) is 3. The third-order valence-electron chi connectivity index (χ3n) is 6.10. The first kappa shape index (κ1) is 22.0. The number of aryl methyl sites for hydroxylation is 3. The lowest BCUT2D eigenvalue weighted by Crippen LogP contribution is -2.14. The summed E-state index contributed by atoms with van der Waals surface area (Å²) in [6.45, 7) is 6.03. The fourth-order valence-corrected chi connectivity index (χ4v) is 5.72. The summed E-state index contributed by atoms with van der Waals surface area (Å²) in [6, 6.07) is 30.7. The first-order chi connectivity index (χ1) is 16.3. The summed E-state index contributed by atoms with van der Waals surface area (Å²) in [6.07, 6.45) is 0. The van der Waals surface area contributed by atoms with Crippen molar-refractivity contribution in [1.82, 2.24) is 3.97 Å². The van der Waals surface area contributed by atoms with Crippen LogP contribution in [0.5, 0.6) is 0 Å². The fraction of sp³-hybridized carbons (Fsp3) is 0.103. The minimum absolute atomic E-state index is 0.265. The Morgan fingerprint density at radius 3 is 1.97 bits per heavy atom. The molecule has 1 aromatic heterocycles. The van der Waals surface area contributed by atoms with Gasteiger partial charge >= 0.3 is 0 Å². The van der Waals surface area contributed by atoms with Crippen molar-refractivity contribution in [3.8, 4) is 11.3 Å². The van der Waals surface area contributed by atoms with E-state index in [4.69, 9.17) is 0 Å². The summed E-state index contributed by atoms with van der Waals surface area (Å²) in [5.74, 6) is 0. The molecule has 0 bridgehead atoms. The highest BCUT2D eigenvalue weighted by molar-refractivity contribution is 7.90. The minimum atomic E-state index is -3.84. The van der Waals surface area contributed by atoms with E-state index < -0.39 is 10.0 Å². The SMILES string of the molecule is Cc1ccc(Nc2c(C)ccc3c2cc(-c2ccccc2)n3S(=O)(=O)c2ccc(C)cc2)cc1. The molecule has 4 nitrogen and oxygen atoms in total. The first-order valence-corrected chi connectivity index (χ1v) is 12.6. The van der Waals surface area contributed by atoms with Crippen molar-refractivity contribution in [1.29, 1.82) is 0 Å². The minimum Gasteiger partial charge on any atom is -0.355 e. The predicted octanol–water partition coefficient (Wildman–Crippen LogP) is 7.21. The average Bonchev–Trinajstić information content (AvgIpc) is 3.24. The van der Waals surface area contributed by atoms with E-state index in [1.54, 1.807) is 12.1 Å². The van der Waals surface area contributed by atoms with E-state index in [0.717, 1.165) is 33.5 Å². The number of benzene rings is 4. The van der Waals surface area contributed by atoms with Gasteiger partial charge in [-0.3, -0.25) is 0 Å². The van der Waals surface area contributed by atoms with Gasteiger partial charge in [0.1, 0.15) is 0 Å². The first-order valence-electron chi connectivity index (χ1n) is 11.2. The Labute approximate surface area is 200 Å². The Morgan fingerprint density at radius 2 is 1.32 bits per heavy atom. The van der Waals surface area contributed by atoms with Gasteiger partial charge in [-0.25, -0.2) is 12.4 Å². The van der Waals surface area contributed by atoms with Crippen LogP contribution in [0.1, 0.15) is 16.7 Å². The lowest BCUT2D eigenvalue weighted by atomic mass is 10.1. The van der Waals surface area contributed by atoms with E-state index in [0.29, 0.717) is 11.2 Å². The Bertz CT molecular complexity index is 1580. The second-order valence-electron chi connectivity index (χ2n) is 8.66. The maximum atomic E-state index is 13.9. The van der Waals surface area contributed by atoms with Crippen molar-refractivity contribution < 1.29 is 8.42 Å². The standard InChI is InChI=1S/C29H26N2O2S/c1-20-9-14-24(15-10-20)30-29-22(3)13-18-27-26(29)19-28(23-7-5-4-6-8-23)31(27)34(32,33)25-16-11-21(2)12-17-25/h4-19,30H,1-3H3. The molecule has 0 fully saturated rings. The maximum Gasteiger partial charge on any atom is 0.268 e. The number of rotatable bonds is 5. The van der Waals surface area contributed by atoms with Crippen molar-refractivity contribution in [2.45, 2.75) is 25.7 Å². The molecule has 0 unspecified atom stereocenters. The van der Waals surface area contributed by atoms with Crippen LogP contribution < -0.4 is 5.32 Å². The average molecular weight is 467 g/mol. The van der Waals surface area contributed by atoms with Gasteiger partial charge in [-0.2, -0.15) is 0 Å². The van der Waals surface area contributed by atoms with E-state index in [2.05, 4.69) is 24.4 Å². The summed E-state index contributed by atoms with van der Waals surface area (Å²) < 4.78 is 29.4. The monoisotopic (exact) mass is 466 g/mol. The molecule has 1 N–H and O–H groups in total. The number of hydrogen-bond donors (Lipinski definition) is 1. The van der Waals surface area contributed by atoms with Gasteiger partial charge in [-0.15, -0.1) is 0 Å². The normalized spacial score (nSPS) is 11.6. The van der Waals surface area contributed by atoms with Gasteiger partial charge in [0.05, 0.1) is 21.8 Å². The predicted molar refractivity (Wildman–Crippen MR) is 140 cm³/mol. The van der Waals surface area contributed by atoms with Gasteiger partial charge in [-0.05, 0) is 68.3 Å². The van der Waals surface area contributed by atoms with Crippen molar-refractivity contribution in [2.75, 3.05) is 5.32 Å². The van der Waals surface area contributed by atoms with Gasteiger partial charge in [0.2, 0.25) is 0 Å². The van der Waals surface area contributed by atoms with Gasteiger partial charge < -0.3 is 5.32 Å². The molecule has 4 aromatic carbocycles. The molecule has 5 rings (SSSR count). The van der Waals surface area contributed by atoms with Gasteiger partial charge in [0.15, 0.2) is 0 Å². The van der Waals surface area contributed by atoms with Crippen molar-refractivity contribution in [2.24, 2.45) is 0 Å². The number of nitrogens with zero attached hydrogens (tertiary/aromatic N) is 1. The largest absolute Gasteiger partial charge is 0.355 e. The van der Waals surface area contributed by atoms with E-state index in [-0.39, 0.29) is 4.90 Å². The van der Waals surface area contributed by atoms with E-state index in [1.807, 2.05) is 86.6 Å². The molecule has 0 saturated heterocycles.